The normalized spacial score (nSPS) is 17.4. The lowest BCUT2D eigenvalue weighted by Crippen LogP contribution is -2.48. The van der Waals surface area contributed by atoms with E-state index < -0.39 is 5.60 Å². The van der Waals surface area contributed by atoms with Crippen molar-refractivity contribution in [3.8, 4) is 11.5 Å². The van der Waals surface area contributed by atoms with Gasteiger partial charge in [-0.2, -0.15) is 4.98 Å². The molecule has 1 aromatic heterocycles. The second-order valence-corrected chi connectivity index (χ2v) is 7.18. The smallest absolute Gasteiger partial charge is 0.266 e. The molecular formula is C18H22ClN3O4. The molecule has 140 valence electrons. The Bertz CT molecular complexity index is 805. The predicted molar refractivity (Wildman–Crippen MR) is 95.4 cm³/mol. The van der Waals surface area contributed by atoms with E-state index in [0.29, 0.717) is 34.8 Å². The van der Waals surface area contributed by atoms with Crippen molar-refractivity contribution in [3.63, 3.8) is 0 Å². The number of halogens is 1. The van der Waals surface area contributed by atoms with Crippen LogP contribution in [0.2, 0.25) is 5.02 Å². The molecule has 3 rings (SSSR count). The van der Waals surface area contributed by atoms with E-state index in [-0.39, 0.29) is 11.9 Å². The maximum atomic E-state index is 13.2. The minimum atomic E-state index is -1.10. The summed E-state index contributed by atoms with van der Waals surface area (Å²) >= 11 is 5.99. The van der Waals surface area contributed by atoms with E-state index in [0.717, 1.165) is 12.8 Å². The number of hydrogen-bond donors (Lipinski definition) is 0. The van der Waals surface area contributed by atoms with Gasteiger partial charge in [-0.25, -0.2) is 0 Å². The van der Waals surface area contributed by atoms with Crippen molar-refractivity contribution in [3.05, 3.63) is 34.9 Å². The van der Waals surface area contributed by atoms with Gasteiger partial charge < -0.3 is 18.9 Å². The number of likely N-dealkylation sites (tertiary alicyclic amines) is 1. The molecule has 2 heterocycles. The summed E-state index contributed by atoms with van der Waals surface area (Å²) in [7, 11) is 1.53. The number of amides is 1. The number of hydrogen-bond acceptors (Lipinski definition) is 6. The Morgan fingerprint density at radius 3 is 2.81 bits per heavy atom. The maximum Gasteiger partial charge on any atom is 0.266 e. The van der Waals surface area contributed by atoms with E-state index >= 15 is 0 Å². The number of methoxy groups -OCH3 is 1. The minimum absolute atomic E-state index is 0.146. The summed E-state index contributed by atoms with van der Waals surface area (Å²) in [5, 5.41) is 4.36. The van der Waals surface area contributed by atoms with E-state index in [1.165, 1.54) is 7.11 Å². The zero-order valence-corrected chi connectivity index (χ0v) is 16.0. The van der Waals surface area contributed by atoms with Gasteiger partial charge >= 0.3 is 0 Å². The van der Waals surface area contributed by atoms with E-state index in [9.17, 15) is 4.79 Å². The van der Waals surface area contributed by atoms with Crippen LogP contribution in [0.15, 0.2) is 22.7 Å². The molecule has 1 fully saturated rings. The summed E-state index contributed by atoms with van der Waals surface area (Å²) in [6, 6.07) is 4.81. The number of nitrogens with zero attached hydrogens (tertiary/aromatic N) is 3. The molecule has 2 aromatic rings. The SMILES string of the molecule is COc1cc(Cl)ccc1OC(C)(C)C(=O)N1CCC[C@H]1c1nc(C)no1. The maximum absolute atomic E-state index is 13.2. The molecule has 0 spiro atoms. The van der Waals surface area contributed by atoms with Crippen molar-refractivity contribution in [1.82, 2.24) is 15.0 Å². The Balaban J connectivity index is 1.81. The van der Waals surface area contributed by atoms with E-state index in [2.05, 4.69) is 10.1 Å². The summed E-state index contributed by atoms with van der Waals surface area (Å²) < 4.78 is 16.6. The molecule has 26 heavy (non-hydrogen) atoms. The van der Waals surface area contributed by atoms with Gasteiger partial charge in [0.2, 0.25) is 5.89 Å². The Labute approximate surface area is 157 Å². The molecule has 1 amide bonds. The first-order valence-electron chi connectivity index (χ1n) is 8.45. The summed E-state index contributed by atoms with van der Waals surface area (Å²) in [5.41, 5.74) is -1.10. The molecule has 0 saturated carbocycles. The highest BCUT2D eigenvalue weighted by molar-refractivity contribution is 6.30. The van der Waals surface area contributed by atoms with Crippen LogP contribution in [0.4, 0.5) is 0 Å². The number of aryl methyl sites for hydroxylation is 1. The van der Waals surface area contributed by atoms with Gasteiger partial charge in [-0.1, -0.05) is 16.8 Å². The molecule has 1 saturated heterocycles. The molecule has 1 atom stereocenters. The minimum Gasteiger partial charge on any atom is -0.493 e. The van der Waals surface area contributed by atoms with E-state index in [4.69, 9.17) is 25.6 Å². The van der Waals surface area contributed by atoms with Gasteiger partial charge in [0.05, 0.1) is 7.11 Å². The lowest BCUT2D eigenvalue weighted by molar-refractivity contribution is -0.147. The Morgan fingerprint density at radius 1 is 1.38 bits per heavy atom. The topological polar surface area (TPSA) is 77.7 Å². The van der Waals surface area contributed by atoms with Crippen LogP contribution in [-0.2, 0) is 4.79 Å². The predicted octanol–water partition coefficient (Wildman–Crippen LogP) is 3.56. The van der Waals surface area contributed by atoms with Crippen LogP contribution in [0, 0.1) is 6.92 Å². The van der Waals surface area contributed by atoms with Gasteiger partial charge in [-0.15, -0.1) is 0 Å². The van der Waals surface area contributed by atoms with Crippen LogP contribution < -0.4 is 9.47 Å². The van der Waals surface area contributed by atoms with Crippen molar-refractivity contribution in [2.45, 2.75) is 45.3 Å². The fraction of sp³-hybridized carbons (Fsp3) is 0.500. The molecule has 1 aromatic carbocycles. The van der Waals surface area contributed by atoms with Crippen LogP contribution in [0.25, 0.3) is 0 Å². The molecule has 0 unspecified atom stereocenters. The largest absolute Gasteiger partial charge is 0.493 e. The molecule has 0 bridgehead atoms. The van der Waals surface area contributed by atoms with Crippen LogP contribution in [0.3, 0.4) is 0 Å². The Hall–Kier alpha value is -2.28. The van der Waals surface area contributed by atoms with Gasteiger partial charge in [-0.3, -0.25) is 4.79 Å². The third kappa shape index (κ3) is 3.62. The zero-order chi connectivity index (χ0) is 18.9. The summed E-state index contributed by atoms with van der Waals surface area (Å²) in [4.78, 5) is 19.2. The molecular weight excluding hydrogens is 358 g/mol. The van der Waals surface area contributed by atoms with E-state index in [1.54, 1.807) is 43.9 Å². The molecule has 7 nitrogen and oxygen atoms in total. The lowest BCUT2D eigenvalue weighted by Gasteiger charge is -2.32. The second kappa shape index (κ2) is 7.15. The first kappa shape index (κ1) is 18.5. The average molecular weight is 380 g/mol. The van der Waals surface area contributed by atoms with Crippen molar-refractivity contribution in [2.24, 2.45) is 0 Å². The number of carbonyl (C=O) groups excluding carboxylic acids is 1. The zero-order valence-electron chi connectivity index (χ0n) is 15.3. The number of benzene rings is 1. The van der Waals surface area contributed by atoms with Crippen LogP contribution in [-0.4, -0.2) is 40.2 Å². The highest BCUT2D eigenvalue weighted by Gasteiger charge is 2.42. The summed E-state index contributed by atoms with van der Waals surface area (Å²) in [5.74, 6) is 1.81. The van der Waals surface area contributed by atoms with Crippen LogP contribution in [0.5, 0.6) is 11.5 Å². The Kier molecular flexibility index (Phi) is 5.09. The van der Waals surface area contributed by atoms with E-state index in [1.807, 2.05) is 0 Å². The molecule has 0 aliphatic carbocycles. The van der Waals surface area contributed by atoms with Gasteiger partial charge in [0.15, 0.2) is 22.9 Å². The highest BCUT2D eigenvalue weighted by atomic mass is 35.5. The van der Waals surface area contributed by atoms with Gasteiger partial charge in [0.25, 0.3) is 5.91 Å². The molecule has 0 radical (unpaired) electrons. The third-order valence-corrected chi connectivity index (χ3v) is 4.58. The second-order valence-electron chi connectivity index (χ2n) is 6.74. The summed E-state index contributed by atoms with van der Waals surface area (Å²) in [6.07, 6.45) is 1.66. The standard InChI is InChI=1S/C18H22ClN3O4/c1-11-20-16(26-21-11)13-6-5-9-22(13)17(23)18(2,3)25-14-8-7-12(19)10-15(14)24-4/h7-8,10,13H,5-6,9H2,1-4H3/t13-/m0/s1. The molecule has 1 aliphatic heterocycles. The fourth-order valence-corrected chi connectivity index (χ4v) is 3.27. The Morgan fingerprint density at radius 2 is 2.15 bits per heavy atom. The van der Waals surface area contributed by atoms with Crippen molar-refractivity contribution < 1.29 is 18.8 Å². The van der Waals surface area contributed by atoms with Gasteiger partial charge in [-0.05, 0) is 45.7 Å². The van der Waals surface area contributed by atoms with Crippen molar-refractivity contribution in [2.75, 3.05) is 13.7 Å². The first-order valence-corrected chi connectivity index (χ1v) is 8.83. The number of aromatic nitrogens is 2. The molecule has 8 heteroatoms. The number of carbonyl (C=O) groups is 1. The number of ether oxygens (including phenoxy) is 2. The van der Waals surface area contributed by atoms with Gasteiger partial charge in [0.1, 0.15) is 6.04 Å². The third-order valence-electron chi connectivity index (χ3n) is 4.35. The monoisotopic (exact) mass is 379 g/mol. The fourth-order valence-electron chi connectivity index (χ4n) is 3.11. The molecule has 0 N–H and O–H groups in total. The highest BCUT2D eigenvalue weighted by Crippen LogP contribution is 2.36. The lowest BCUT2D eigenvalue weighted by atomic mass is 10.1. The average Bonchev–Trinajstić information content (AvgIpc) is 3.24. The summed E-state index contributed by atoms with van der Waals surface area (Å²) in [6.45, 7) is 5.85. The van der Waals surface area contributed by atoms with Crippen LogP contribution in [0.1, 0.15) is 44.4 Å². The number of rotatable bonds is 5. The van der Waals surface area contributed by atoms with Gasteiger partial charge in [0, 0.05) is 17.6 Å². The quantitative estimate of drug-likeness (QED) is 0.790. The van der Waals surface area contributed by atoms with Crippen molar-refractivity contribution in [1.29, 1.82) is 0 Å². The molecule has 1 aliphatic rings. The van der Waals surface area contributed by atoms with Crippen molar-refractivity contribution >= 4 is 17.5 Å². The first-order chi connectivity index (χ1) is 12.3. The van der Waals surface area contributed by atoms with Crippen LogP contribution >= 0.6 is 11.6 Å².